The maximum atomic E-state index is 3.89. The van der Waals surface area contributed by atoms with Crippen LogP contribution in [0.3, 0.4) is 0 Å². The monoisotopic (exact) mass is 261 g/mol. The lowest BCUT2D eigenvalue weighted by molar-refractivity contribution is 0.369. The Balaban J connectivity index is 2.48. The van der Waals surface area contributed by atoms with Gasteiger partial charge in [0.1, 0.15) is 0 Å². The Hall–Kier alpha value is -0.820. The molecule has 0 aliphatic rings. The molecule has 0 radical (unpaired) electrons. The number of benzene rings is 1. The average Bonchev–Trinajstić information content (AvgIpc) is 2.45. The molecule has 1 N–H and O–H groups in total. The Kier molecular flexibility index (Phi) is 8.57. The first kappa shape index (κ1) is 16.2. The first-order valence-electron chi connectivity index (χ1n) is 8.10. The van der Waals surface area contributed by atoms with Crippen LogP contribution in [0.15, 0.2) is 30.3 Å². The molecule has 1 nitrogen and oxygen atoms in total. The van der Waals surface area contributed by atoms with E-state index in [0.29, 0.717) is 12.1 Å². The molecule has 1 heteroatoms. The van der Waals surface area contributed by atoms with E-state index >= 15 is 0 Å². The molecular formula is C18H31N. The zero-order valence-corrected chi connectivity index (χ0v) is 13.0. The smallest absolute Gasteiger partial charge is 0.0107 e. The molecule has 0 aliphatic carbocycles. The van der Waals surface area contributed by atoms with E-state index in [4.69, 9.17) is 0 Å². The largest absolute Gasteiger partial charge is 0.311 e. The Morgan fingerprint density at radius 1 is 0.895 bits per heavy atom. The van der Waals surface area contributed by atoms with E-state index in [0.717, 1.165) is 6.42 Å². The molecule has 1 aromatic carbocycles. The van der Waals surface area contributed by atoms with Gasteiger partial charge in [0.15, 0.2) is 0 Å². The minimum absolute atomic E-state index is 0.621. The minimum atomic E-state index is 0.621. The van der Waals surface area contributed by atoms with Gasteiger partial charge < -0.3 is 5.32 Å². The summed E-state index contributed by atoms with van der Waals surface area (Å²) in [5.74, 6) is 0. The van der Waals surface area contributed by atoms with Gasteiger partial charge in [-0.05, 0) is 31.2 Å². The van der Waals surface area contributed by atoms with Gasteiger partial charge >= 0.3 is 0 Å². The van der Waals surface area contributed by atoms with Crippen molar-refractivity contribution in [1.29, 1.82) is 0 Å². The summed E-state index contributed by atoms with van der Waals surface area (Å²) in [6, 6.07) is 12.2. The molecule has 2 unspecified atom stereocenters. The van der Waals surface area contributed by atoms with E-state index in [1.807, 2.05) is 0 Å². The molecule has 0 bridgehead atoms. The summed E-state index contributed by atoms with van der Waals surface area (Å²) in [5, 5.41) is 3.89. The summed E-state index contributed by atoms with van der Waals surface area (Å²) >= 11 is 0. The van der Waals surface area contributed by atoms with Crippen LogP contribution in [0, 0.1) is 0 Å². The van der Waals surface area contributed by atoms with Crippen LogP contribution in [0.25, 0.3) is 0 Å². The van der Waals surface area contributed by atoms with E-state index < -0.39 is 0 Å². The van der Waals surface area contributed by atoms with E-state index in [1.54, 1.807) is 0 Å². The third kappa shape index (κ3) is 6.77. The molecule has 0 saturated heterocycles. The third-order valence-electron chi connectivity index (χ3n) is 3.83. The Morgan fingerprint density at radius 2 is 1.63 bits per heavy atom. The van der Waals surface area contributed by atoms with Gasteiger partial charge in [-0.15, -0.1) is 0 Å². The zero-order chi connectivity index (χ0) is 13.9. The lowest BCUT2D eigenvalue weighted by Crippen LogP contribution is -2.39. The van der Waals surface area contributed by atoms with Crippen molar-refractivity contribution in [2.45, 2.75) is 77.8 Å². The molecular weight excluding hydrogens is 230 g/mol. The van der Waals surface area contributed by atoms with Gasteiger partial charge in [0.2, 0.25) is 0 Å². The summed E-state index contributed by atoms with van der Waals surface area (Å²) in [5.41, 5.74) is 1.45. The van der Waals surface area contributed by atoms with Crippen LogP contribution in [-0.4, -0.2) is 12.1 Å². The Bertz CT molecular complexity index is 307. The van der Waals surface area contributed by atoms with Gasteiger partial charge in [-0.3, -0.25) is 0 Å². The Morgan fingerprint density at radius 3 is 2.21 bits per heavy atom. The van der Waals surface area contributed by atoms with Crippen LogP contribution in [0.2, 0.25) is 0 Å². The fraction of sp³-hybridized carbons (Fsp3) is 0.667. The standard InChI is InChI=1S/C18H31N/c1-4-7-14-18(11-5-2)19-17(6-3)15-16-12-9-8-10-13-16/h8-10,12-13,17-19H,4-7,11,14-15H2,1-3H3. The predicted octanol–water partition coefficient (Wildman–Crippen LogP) is 4.96. The molecule has 0 spiro atoms. The van der Waals surface area contributed by atoms with Crippen LogP contribution in [0.5, 0.6) is 0 Å². The van der Waals surface area contributed by atoms with Crippen molar-refractivity contribution in [2.24, 2.45) is 0 Å². The van der Waals surface area contributed by atoms with Crippen molar-refractivity contribution < 1.29 is 0 Å². The van der Waals surface area contributed by atoms with E-state index in [-0.39, 0.29) is 0 Å². The summed E-state index contributed by atoms with van der Waals surface area (Å²) in [6.45, 7) is 6.87. The predicted molar refractivity (Wildman–Crippen MR) is 85.6 cm³/mol. The van der Waals surface area contributed by atoms with Crippen LogP contribution in [0.1, 0.15) is 64.9 Å². The summed E-state index contributed by atoms with van der Waals surface area (Å²) < 4.78 is 0. The van der Waals surface area contributed by atoms with Crippen molar-refractivity contribution in [3.63, 3.8) is 0 Å². The maximum Gasteiger partial charge on any atom is 0.0107 e. The summed E-state index contributed by atoms with van der Waals surface area (Å²) in [6.07, 6.45) is 8.94. The normalized spacial score (nSPS) is 14.3. The highest BCUT2D eigenvalue weighted by Gasteiger charge is 2.13. The topological polar surface area (TPSA) is 12.0 Å². The van der Waals surface area contributed by atoms with Crippen molar-refractivity contribution >= 4 is 0 Å². The van der Waals surface area contributed by atoms with Gasteiger partial charge in [-0.1, -0.05) is 70.4 Å². The molecule has 2 atom stereocenters. The SMILES string of the molecule is CCCCC(CCC)NC(CC)Cc1ccccc1. The zero-order valence-electron chi connectivity index (χ0n) is 13.0. The maximum absolute atomic E-state index is 3.89. The van der Waals surface area contributed by atoms with Crippen LogP contribution in [0.4, 0.5) is 0 Å². The Labute approximate surface area is 119 Å². The number of hydrogen-bond acceptors (Lipinski definition) is 1. The fourth-order valence-corrected chi connectivity index (χ4v) is 2.66. The van der Waals surface area contributed by atoms with Crippen LogP contribution < -0.4 is 5.32 Å². The number of unbranched alkanes of at least 4 members (excludes halogenated alkanes) is 1. The summed E-state index contributed by atoms with van der Waals surface area (Å²) in [7, 11) is 0. The van der Waals surface area contributed by atoms with Crippen LogP contribution in [-0.2, 0) is 6.42 Å². The van der Waals surface area contributed by atoms with E-state index in [2.05, 4.69) is 56.4 Å². The second kappa shape index (κ2) is 10.0. The van der Waals surface area contributed by atoms with Gasteiger partial charge in [0.05, 0.1) is 0 Å². The molecule has 19 heavy (non-hydrogen) atoms. The first-order valence-corrected chi connectivity index (χ1v) is 8.10. The molecule has 1 aromatic rings. The highest BCUT2D eigenvalue weighted by Crippen LogP contribution is 2.12. The van der Waals surface area contributed by atoms with E-state index in [1.165, 1.54) is 44.1 Å². The summed E-state index contributed by atoms with van der Waals surface area (Å²) in [4.78, 5) is 0. The minimum Gasteiger partial charge on any atom is -0.311 e. The molecule has 0 heterocycles. The van der Waals surface area contributed by atoms with Gasteiger partial charge in [0, 0.05) is 12.1 Å². The number of nitrogens with one attached hydrogen (secondary N) is 1. The second-order valence-electron chi connectivity index (χ2n) is 5.59. The molecule has 0 aromatic heterocycles. The van der Waals surface area contributed by atoms with Crippen LogP contribution >= 0.6 is 0 Å². The number of rotatable bonds is 10. The van der Waals surface area contributed by atoms with Gasteiger partial charge in [-0.25, -0.2) is 0 Å². The van der Waals surface area contributed by atoms with Gasteiger partial charge in [0.25, 0.3) is 0 Å². The van der Waals surface area contributed by atoms with Crippen molar-refractivity contribution in [3.8, 4) is 0 Å². The average molecular weight is 261 g/mol. The second-order valence-corrected chi connectivity index (χ2v) is 5.59. The lowest BCUT2D eigenvalue weighted by Gasteiger charge is -2.25. The molecule has 108 valence electrons. The molecule has 1 rings (SSSR count). The van der Waals surface area contributed by atoms with E-state index in [9.17, 15) is 0 Å². The van der Waals surface area contributed by atoms with Crippen molar-refractivity contribution in [1.82, 2.24) is 5.32 Å². The third-order valence-corrected chi connectivity index (χ3v) is 3.83. The quantitative estimate of drug-likeness (QED) is 0.628. The van der Waals surface area contributed by atoms with Crippen molar-refractivity contribution in [3.05, 3.63) is 35.9 Å². The highest BCUT2D eigenvalue weighted by atomic mass is 14.9. The van der Waals surface area contributed by atoms with Crippen molar-refractivity contribution in [2.75, 3.05) is 0 Å². The lowest BCUT2D eigenvalue weighted by atomic mass is 9.99. The molecule has 0 amide bonds. The molecule has 0 aliphatic heterocycles. The number of hydrogen-bond donors (Lipinski definition) is 1. The van der Waals surface area contributed by atoms with Gasteiger partial charge in [-0.2, -0.15) is 0 Å². The fourth-order valence-electron chi connectivity index (χ4n) is 2.66. The molecule has 0 fully saturated rings. The first-order chi connectivity index (χ1) is 9.30. The highest BCUT2D eigenvalue weighted by molar-refractivity contribution is 5.15. The molecule has 0 saturated carbocycles.